The van der Waals surface area contributed by atoms with Crippen LogP contribution in [0, 0.1) is 0 Å². The van der Waals surface area contributed by atoms with Gasteiger partial charge in [-0.3, -0.25) is 4.79 Å². The monoisotopic (exact) mass is 308 g/mol. The van der Waals surface area contributed by atoms with Gasteiger partial charge in [-0.05, 0) is 30.7 Å². The average Bonchev–Trinajstić information content (AvgIpc) is 2.81. The molecule has 94 valence electrons. The molecule has 1 aromatic heterocycles. The first-order chi connectivity index (χ1) is 8.69. The number of aryl methyl sites for hydroxylation is 1. The smallest absolute Gasteiger partial charge is 0.277 e. The number of carbonyl (C=O) groups is 1. The van der Waals surface area contributed by atoms with Gasteiger partial charge in [0.2, 0.25) is 0 Å². The van der Waals surface area contributed by atoms with Gasteiger partial charge in [-0.25, -0.2) is 0 Å². The molecule has 2 aromatic rings. The highest BCUT2D eigenvalue weighted by Gasteiger charge is 2.12. The third-order valence-electron chi connectivity index (χ3n) is 2.39. The van der Waals surface area contributed by atoms with Crippen molar-refractivity contribution in [2.75, 3.05) is 5.32 Å². The van der Waals surface area contributed by atoms with Crippen molar-refractivity contribution in [3.05, 3.63) is 46.3 Å². The Labute approximate surface area is 113 Å². The topological polar surface area (TPSA) is 55.1 Å². The predicted molar refractivity (Wildman–Crippen MR) is 72.6 cm³/mol. The van der Waals surface area contributed by atoms with E-state index in [9.17, 15) is 4.79 Å². The van der Waals surface area contributed by atoms with Gasteiger partial charge in [0.1, 0.15) is 5.76 Å². The van der Waals surface area contributed by atoms with Crippen molar-refractivity contribution in [2.45, 2.75) is 19.8 Å². The summed E-state index contributed by atoms with van der Waals surface area (Å²) in [5.74, 6) is 0.474. The molecule has 0 saturated carbocycles. The van der Waals surface area contributed by atoms with Crippen molar-refractivity contribution in [1.82, 2.24) is 5.16 Å². The number of benzene rings is 1. The van der Waals surface area contributed by atoms with Crippen LogP contribution in [0.3, 0.4) is 0 Å². The average molecular weight is 309 g/mol. The zero-order chi connectivity index (χ0) is 13.0. The Morgan fingerprint density at radius 3 is 2.78 bits per heavy atom. The molecular formula is C13H13BrN2O2. The quantitative estimate of drug-likeness (QED) is 0.938. The van der Waals surface area contributed by atoms with E-state index >= 15 is 0 Å². The molecule has 1 N–H and O–H groups in total. The van der Waals surface area contributed by atoms with E-state index in [0.717, 1.165) is 28.8 Å². The highest BCUT2D eigenvalue weighted by atomic mass is 79.9. The Morgan fingerprint density at radius 1 is 1.39 bits per heavy atom. The van der Waals surface area contributed by atoms with E-state index in [4.69, 9.17) is 4.52 Å². The summed E-state index contributed by atoms with van der Waals surface area (Å²) in [7, 11) is 0. The van der Waals surface area contributed by atoms with Gasteiger partial charge >= 0.3 is 0 Å². The number of carbonyl (C=O) groups excluding carboxylic acids is 1. The van der Waals surface area contributed by atoms with Crippen LogP contribution < -0.4 is 5.32 Å². The highest BCUT2D eigenvalue weighted by Crippen LogP contribution is 2.15. The number of rotatable bonds is 4. The van der Waals surface area contributed by atoms with E-state index in [2.05, 4.69) is 26.4 Å². The SMILES string of the molecule is CCCc1cc(C(=O)Nc2ccc(Br)cc2)no1. The van der Waals surface area contributed by atoms with Crippen LogP contribution in [0.4, 0.5) is 5.69 Å². The molecule has 5 heteroatoms. The second kappa shape index (κ2) is 5.82. The molecule has 1 heterocycles. The summed E-state index contributed by atoms with van der Waals surface area (Å²) in [4.78, 5) is 11.9. The van der Waals surface area contributed by atoms with Gasteiger partial charge in [0.25, 0.3) is 5.91 Å². The van der Waals surface area contributed by atoms with Crippen molar-refractivity contribution in [3.8, 4) is 0 Å². The minimum absolute atomic E-state index is 0.261. The maximum absolute atomic E-state index is 11.9. The molecule has 4 nitrogen and oxygen atoms in total. The first-order valence-corrected chi connectivity index (χ1v) is 6.51. The van der Waals surface area contributed by atoms with Crippen molar-refractivity contribution in [3.63, 3.8) is 0 Å². The second-order valence-corrected chi connectivity index (χ2v) is 4.81. The number of anilines is 1. The minimum atomic E-state index is -0.261. The van der Waals surface area contributed by atoms with Crippen LogP contribution in [0.15, 0.2) is 39.3 Å². The third-order valence-corrected chi connectivity index (χ3v) is 2.92. The molecular weight excluding hydrogens is 296 g/mol. The van der Waals surface area contributed by atoms with E-state index in [1.54, 1.807) is 6.07 Å². The lowest BCUT2D eigenvalue weighted by molar-refractivity contribution is 0.101. The van der Waals surface area contributed by atoms with Gasteiger partial charge in [0, 0.05) is 22.6 Å². The standard InChI is InChI=1S/C13H13BrN2O2/c1-2-3-11-8-12(16-18-11)13(17)15-10-6-4-9(14)5-7-10/h4-8H,2-3H2,1H3,(H,15,17). The van der Waals surface area contributed by atoms with Gasteiger partial charge in [0.15, 0.2) is 5.69 Å². The molecule has 0 aliphatic rings. The molecule has 0 saturated heterocycles. The fourth-order valence-corrected chi connectivity index (χ4v) is 1.78. The molecule has 0 aliphatic heterocycles. The molecule has 2 rings (SSSR count). The van der Waals surface area contributed by atoms with Crippen molar-refractivity contribution >= 4 is 27.5 Å². The zero-order valence-electron chi connectivity index (χ0n) is 9.94. The largest absolute Gasteiger partial charge is 0.361 e. The van der Waals surface area contributed by atoms with Crippen LogP contribution in [-0.4, -0.2) is 11.1 Å². The molecule has 0 fully saturated rings. The number of aromatic nitrogens is 1. The second-order valence-electron chi connectivity index (χ2n) is 3.89. The summed E-state index contributed by atoms with van der Waals surface area (Å²) in [5, 5.41) is 6.51. The Balaban J connectivity index is 2.04. The fourth-order valence-electron chi connectivity index (χ4n) is 1.51. The number of amides is 1. The molecule has 1 amide bonds. The lowest BCUT2D eigenvalue weighted by atomic mass is 10.2. The molecule has 0 atom stereocenters. The molecule has 18 heavy (non-hydrogen) atoms. The van der Waals surface area contributed by atoms with E-state index in [-0.39, 0.29) is 5.91 Å². The van der Waals surface area contributed by atoms with E-state index in [1.165, 1.54) is 0 Å². The Morgan fingerprint density at radius 2 is 2.11 bits per heavy atom. The zero-order valence-corrected chi connectivity index (χ0v) is 11.5. The van der Waals surface area contributed by atoms with Crippen LogP contribution in [0.2, 0.25) is 0 Å². The number of nitrogens with one attached hydrogen (secondary N) is 1. The number of hydrogen-bond acceptors (Lipinski definition) is 3. The minimum Gasteiger partial charge on any atom is -0.361 e. The van der Waals surface area contributed by atoms with E-state index in [0.29, 0.717) is 5.69 Å². The first-order valence-electron chi connectivity index (χ1n) is 5.71. The van der Waals surface area contributed by atoms with E-state index < -0.39 is 0 Å². The van der Waals surface area contributed by atoms with Crippen molar-refractivity contribution in [2.24, 2.45) is 0 Å². The van der Waals surface area contributed by atoms with Gasteiger partial charge in [0.05, 0.1) is 0 Å². The predicted octanol–water partition coefficient (Wildman–Crippen LogP) is 3.64. The van der Waals surface area contributed by atoms with Gasteiger partial charge in [-0.2, -0.15) is 0 Å². The van der Waals surface area contributed by atoms with Gasteiger partial charge < -0.3 is 9.84 Å². The van der Waals surface area contributed by atoms with Crippen LogP contribution in [0.5, 0.6) is 0 Å². The van der Waals surface area contributed by atoms with Crippen LogP contribution in [0.1, 0.15) is 29.6 Å². The Bertz CT molecular complexity index is 534. The summed E-state index contributed by atoms with van der Waals surface area (Å²) in [6.07, 6.45) is 1.75. The highest BCUT2D eigenvalue weighted by molar-refractivity contribution is 9.10. The number of halogens is 1. The van der Waals surface area contributed by atoms with E-state index in [1.807, 2.05) is 31.2 Å². The number of hydrogen-bond donors (Lipinski definition) is 1. The summed E-state index contributed by atoms with van der Waals surface area (Å²) >= 11 is 3.34. The molecule has 0 spiro atoms. The molecule has 0 unspecified atom stereocenters. The molecule has 0 aliphatic carbocycles. The first kappa shape index (κ1) is 12.8. The summed E-state index contributed by atoms with van der Waals surface area (Å²) in [5.41, 5.74) is 1.03. The van der Waals surface area contributed by atoms with Gasteiger partial charge in [-0.1, -0.05) is 28.0 Å². The van der Waals surface area contributed by atoms with Gasteiger partial charge in [-0.15, -0.1) is 0 Å². The summed E-state index contributed by atoms with van der Waals surface area (Å²) in [6.45, 7) is 2.05. The molecule has 0 bridgehead atoms. The molecule has 1 aromatic carbocycles. The maximum Gasteiger partial charge on any atom is 0.277 e. The lowest BCUT2D eigenvalue weighted by Gasteiger charge is -2.01. The van der Waals surface area contributed by atoms with Crippen LogP contribution in [0.25, 0.3) is 0 Å². The van der Waals surface area contributed by atoms with Crippen molar-refractivity contribution < 1.29 is 9.32 Å². The van der Waals surface area contributed by atoms with Crippen molar-refractivity contribution in [1.29, 1.82) is 0 Å². The fraction of sp³-hybridized carbons (Fsp3) is 0.231. The summed E-state index contributed by atoms with van der Waals surface area (Å²) in [6, 6.07) is 9.03. The Kier molecular flexibility index (Phi) is 4.15. The third kappa shape index (κ3) is 3.20. The number of nitrogens with zero attached hydrogens (tertiary/aromatic N) is 1. The molecule has 0 radical (unpaired) electrons. The lowest BCUT2D eigenvalue weighted by Crippen LogP contribution is -2.11. The maximum atomic E-state index is 11.9. The normalized spacial score (nSPS) is 10.3. The summed E-state index contributed by atoms with van der Waals surface area (Å²) < 4.78 is 6.03. The Hall–Kier alpha value is -1.62. The van der Waals surface area contributed by atoms with Crippen LogP contribution in [-0.2, 0) is 6.42 Å². The van der Waals surface area contributed by atoms with Crippen LogP contribution >= 0.6 is 15.9 Å².